The van der Waals surface area contributed by atoms with Crippen molar-refractivity contribution in [1.82, 2.24) is 15.3 Å². The highest BCUT2D eigenvalue weighted by atomic mass is 16.3. The number of aliphatic hydroxyl groups is 1. The Morgan fingerprint density at radius 3 is 2.91 bits per heavy atom. The minimum absolute atomic E-state index is 0.0760. The number of H-pyrrole nitrogens is 1. The molecule has 0 spiro atoms. The summed E-state index contributed by atoms with van der Waals surface area (Å²) in [6.45, 7) is 6.39. The van der Waals surface area contributed by atoms with Crippen molar-refractivity contribution in [2.45, 2.75) is 33.2 Å². The Balaban J connectivity index is 2.22. The lowest BCUT2D eigenvalue weighted by Crippen LogP contribution is -2.26. The van der Waals surface area contributed by atoms with Crippen LogP contribution >= 0.6 is 0 Å². The lowest BCUT2D eigenvalue weighted by Gasteiger charge is -2.13. The van der Waals surface area contributed by atoms with Crippen LogP contribution in [0.25, 0.3) is 11.1 Å². The van der Waals surface area contributed by atoms with Gasteiger partial charge in [-0.2, -0.15) is 0 Å². The Hall–Kier alpha value is -2.34. The number of carbonyl (C=O) groups is 1. The highest BCUT2D eigenvalue weighted by Gasteiger charge is 2.12. The summed E-state index contributed by atoms with van der Waals surface area (Å²) in [7, 11) is 0. The number of amides is 1. The second kappa shape index (κ2) is 7.78. The van der Waals surface area contributed by atoms with Gasteiger partial charge in [-0.25, -0.2) is 4.98 Å². The summed E-state index contributed by atoms with van der Waals surface area (Å²) in [5.41, 5.74) is 3.48. The zero-order valence-corrected chi connectivity index (χ0v) is 13.8. The number of carbonyl (C=O) groups excluding carboxylic acids is 1. The molecular formula is C17H24N4O2. The van der Waals surface area contributed by atoms with Gasteiger partial charge in [0.15, 0.2) is 0 Å². The molecule has 1 atom stereocenters. The Bertz CT molecular complexity index is 666. The van der Waals surface area contributed by atoms with Gasteiger partial charge in [0.05, 0.1) is 6.61 Å². The van der Waals surface area contributed by atoms with Gasteiger partial charge >= 0.3 is 0 Å². The Morgan fingerprint density at radius 1 is 1.43 bits per heavy atom. The lowest BCUT2D eigenvalue weighted by atomic mass is 10.0. The average molecular weight is 316 g/mol. The van der Waals surface area contributed by atoms with Gasteiger partial charge in [-0.15, -0.1) is 0 Å². The lowest BCUT2D eigenvalue weighted by molar-refractivity contribution is 0.0940. The molecule has 23 heavy (non-hydrogen) atoms. The minimum Gasteiger partial charge on any atom is -0.395 e. The maximum atomic E-state index is 11.9. The van der Waals surface area contributed by atoms with Crippen molar-refractivity contribution in [3.63, 3.8) is 0 Å². The quantitative estimate of drug-likeness (QED) is 0.631. The number of nitrogens with one attached hydrogen (secondary N) is 3. The molecule has 2 rings (SSSR count). The average Bonchev–Trinajstić information content (AvgIpc) is 3.04. The molecule has 1 amide bonds. The molecule has 0 aliphatic rings. The molecular weight excluding hydrogens is 292 g/mol. The molecule has 4 N–H and O–H groups in total. The summed E-state index contributed by atoms with van der Waals surface area (Å²) in [5.74, 6) is 0.599. The number of aromatic amines is 1. The van der Waals surface area contributed by atoms with Crippen LogP contribution in [-0.2, 0) is 0 Å². The smallest absolute Gasteiger partial charge is 0.267 e. The van der Waals surface area contributed by atoms with Crippen LogP contribution in [0.2, 0.25) is 0 Å². The molecule has 0 radical (unpaired) electrons. The van der Waals surface area contributed by atoms with Crippen LogP contribution in [0.3, 0.4) is 0 Å². The number of aliphatic hydroxyl groups excluding tert-OH is 1. The predicted octanol–water partition coefficient (Wildman–Crippen LogP) is 2.32. The normalized spacial score (nSPS) is 12.0. The molecule has 0 aliphatic carbocycles. The second-order valence-corrected chi connectivity index (χ2v) is 5.62. The van der Waals surface area contributed by atoms with Crippen molar-refractivity contribution in [2.75, 3.05) is 18.5 Å². The van der Waals surface area contributed by atoms with E-state index in [1.165, 1.54) is 0 Å². The largest absolute Gasteiger partial charge is 0.395 e. The predicted molar refractivity (Wildman–Crippen MR) is 91.6 cm³/mol. The first kappa shape index (κ1) is 17.0. The molecule has 1 unspecified atom stereocenters. The minimum atomic E-state index is -0.227. The van der Waals surface area contributed by atoms with Crippen molar-refractivity contribution >= 4 is 11.7 Å². The monoisotopic (exact) mass is 316 g/mol. The van der Waals surface area contributed by atoms with Gasteiger partial charge in [0.25, 0.3) is 5.91 Å². The molecule has 0 fully saturated rings. The first-order chi connectivity index (χ1) is 11.0. The van der Waals surface area contributed by atoms with Gasteiger partial charge in [-0.05, 0) is 43.5 Å². The van der Waals surface area contributed by atoms with E-state index in [1.54, 1.807) is 0 Å². The van der Waals surface area contributed by atoms with E-state index in [1.807, 2.05) is 31.5 Å². The summed E-state index contributed by atoms with van der Waals surface area (Å²) < 4.78 is 0. The van der Waals surface area contributed by atoms with Crippen LogP contribution in [0.5, 0.6) is 0 Å². The molecule has 0 aliphatic heterocycles. The number of pyridine rings is 1. The van der Waals surface area contributed by atoms with Crippen molar-refractivity contribution in [3.05, 3.63) is 35.8 Å². The second-order valence-electron chi connectivity index (χ2n) is 5.62. The molecule has 2 heterocycles. The first-order valence-corrected chi connectivity index (χ1v) is 7.86. The molecule has 6 nitrogen and oxygen atoms in total. The van der Waals surface area contributed by atoms with Gasteiger partial charge in [0.1, 0.15) is 11.5 Å². The molecule has 0 saturated carbocycles. The van der Waals surface area contributed by atoms with Crippen LogP contribution in [-0.4, -0.2) is 40.2 Å². The van der Waals surface area contributed by atoms with Crippen molar-refractivity contribution in [1.29, 1.82) is 0 Å². The van der Waals surface area contributed by atoms with Crippen LogP contribution in [0, 0.1) is 6.92 Å². The summed E-state index contributed by atoms with van der Waals surface area (Å²) in [5, 5.41) is 14.8. The summed E-state index contributed by atoms with van der Waals surface area (Å²) in [6.07, 6.45) is 4.66. The highest BCUT2D eigenvalue weighted by Crippen LogP contribution is 2.26. The van der Waals surface area contributed by atoms with Gasteiger partial charge in [-0.1, -0.05) is 6.92 Å². The summed E-state index contributed by atoms with van der Waals surface area (Å²) >= 11 is 0. The van der Waals surface area contributed by atoms with E-state index >= 15 is 0 Å². The number of hydrogen-bond donors (Lipinski definition) is 4. The zero-order valence-electron chi connectivity index (χ0n) is 13.8. The fraction of sp³-hybridized carbons (Fsp3) is 0.412. The topological polar surface area (TPSA) is 90.0 Å². The molecule has 6 heteroatoms. The van der Waals surface area contributed by atoms with E-state index in [9.17, 15) is 4.79 Å². The number of nitrogens with zero attached hydrogens (tertiary/aromatic N) is 1. The zero-order chi connectivity index (χ0) is 16.8. The molecule has 0 aromatic carbocycles. The Morgan fingerprint density at radius 2 is 2.22 bits per heavy atom. The SMILES string of the molecule is CCC(C)Nc1cc(-c2c[nH]c(C(=O)NCCO)c2)c(C)cn1. The summed E-state index contributed by atoms with van der Waals surface area (Å²) in [6, 6.07) is 4.16. The third-order valence-electron chi connectivity index (χ3n) is 3.75. The van der Waals surface area contributed by atoms with Crippen LogP contribution in [0.4, 0.5) is 5.82 Å². The van der Waals surface area contributed by atoms with Crippen molar-refractivity contribution < 1.29 is 9.90 Å². The number of anilines is 1. The number of aromatic nitrogens is 2. The number of aryl methyl sites for hydroxylation is 1. The van der Waals surface area contributed by atoms with Crippen LogP contribution < -0.4 is 10.6 Å². The number of rotatable bonds is 7. The third-order valence-corrected chi connectivity index (χ3v) is 3.75. The number of hydrogen-bond acceptors (Lipinski definition) is 4. The van der Waals surface area contributed by atoms with Gasteiger partial charge in [0.2, 0.25) is 0 Å². The molecule has 0 bridgehead atoms. The third kappa shape index (κ3) is 4.32. The van der Waals surface area contributed by atoms with E-state index < -0.39 is 0 Å². The Labute approximate surface area is 136 Å². The van der Waals surface area contributed by atoms with E-state index in [-0.39, 0.29) is 19.1 Å². The first-order valence-electron chi connectivity index (χ1n) is 7.86. The maximum absolute atomic E-state index is 11.9. The van der Waals surface area contributed by atoms with E-state index in [0.717, 1.165) is 28.9 Å². The van der Waals surface area contributed by atoms with Gasteiger partial charge in [0, 0.05) is 30.5 Å². The van der Waals surface area contributed by atoms with Crippen molar-refractivity contribution in [3.8, 4) is 11.1 Å². The summed E-state index contributed by atoms with van der Waals surface area (Å²) in [4.78, 5) is 19.3. The van der Waals surface area contributed by atoms with Crippen LogP contribution in [0.15, 0.2) is 24.5 Å². The molecule has 124 valence electrons. The van der Waals surface area contributed by atoms with Crippen LogP contribution in [0.1, 0.15) is 36.3 Å². The van der Waals surface area contributed by atoms with E-state index in [2.05, 4.69) is 34.4 Å². The fourth-order valence-electron chi connectivity index (χ4n) is 2.21. The van der Waals surface area contributed by atoms with E-state index in [0.29, 0.717) is 11.7 Å². The molecule has 2 aromatic rings. The maximum Gasteiger partial charge on any atom is 0.267 e. The van der Waals surface area contributed by atoms with Gasteiger partial charge < -0.3 is 20.7 Å². The highest BCUT2D eigenvalue weighted by molar-refractivity contribution is 5.94. The van der Waals surface area contributed by atoms with Crippen molar-refractivity contribution in [2.24, 2.45) is 0 Å². The molecule has 2 aromatic heterocycles. The van der Waals surface area contributed by atoms with E-state index in [4.69, 9.17) is 5.11 Å². The molecule has 0 saturated heterocycles. The Kier molecular flexibility index (Phi) is 5.76. The standard InChI is InChI=1S/C17H24N4O2/c1-4-12(3)21-16-8-14(11(2)9-20-16)13-7-15(19-10-13)17(23)18-5-6-22/h7-10,12,19,22H,4-6H2,1-3H3,(H,18,23)(H,20,21). The fourth-order valence-corrected chi connectivity index (χ4v) is 2.21. The van der Waals surface area contributed by atoms with Gasteiger partial charge in [-0.3, -0.25) is 4.79 Å².